The molecule has 39 heavy (non-hydrogen) atoms. The normalized spacial score (nSPS) is 18.3. The maximum absolute atomic E-state index is 12.9. The smallest absolute Gasteiger partial charge is 0.220 e. The second kappa shape index (κ2) is 14.0. The lowest BCUT2D eigenvalue weighted by molar-refractivity contribution is -0.123. The molecule has 0 aliphatic carbocycles. The second-order valence-electron chi connectivity index (χ2n) is 10.0. The number of aliphatic hydroxyl groups excluding tert-OH is 1. The maximum Gasteiger partial charge on any atom is 0.220 e. The van der Waals surface area contributed by atoms with Crippen molar-refractivity contribution in [1.29, 1.82) is 0 Å². The molecule has 2 aromatic carbocycles. The highest BCUT2D eigenvalue weighted by atomic mass is 16.6. The molecule has 10 heteroatoms. The molecule has 2 aromatic rings. The van der Waals surface area contributed by atoms with E-state index >= 15 is 0 Å². The highest BCUT2D eigenvalue weighted by Gasteiger charge is 2.30. The average Bonchev–Trinajstić information content (AvgIpc) is 3.43. The molecule has 0 bridgehead atoms. The van der Waals surface area contributed by atoms with E-state index in [1.165, 1.54) is 0 Å². The number of aliphatic hydroxyl groups is 1. The lowest BCUT2D eigenvalue weighted by atomic mass is 10.00. The molecule has 0 spiro atoms. The lowest BCUT2D eigenvalue weighted by Crippen LogP contribution is -2.47. The number of unbranched alkanes of at least 4 members (excludes halogenated alkanes) is 2. The lowest BCUT2D eigenvalue weighted by Gasteiger charge is -2.29. The van der Waals surface area contributed by atoms with Gasteiger partial charge in [0.1, 0.15) is 31.1 Å². The first-order valence-corrected chi connectivity index (χ1v) is 13.6. The zero-order valence-electron chi connectivity index (χ0n) is 22.3. The number of nitrogens with zero attached hydrogens (tertiary/aromatic N) is 2. The summed E-state index contributed by atoms with van der Waals surface area (Å²) in [5.74, 6) is 1.81. The first kappa shape index (κ1) is 28.5. The van der Waals surface area contributed by atoms with E-state index < -0.39 is 12.1 Å². The number of likely N-dealkylation sites (tertiary alicyclic amines) is 1. The van der Waals surface area contributed by atoms with Gasteiger partial charge in [-0.2, -0.15) is 4.91 Å². The number of nitrogens with one attached hydrogen (secondary N) is 1. The third-order valence-electron chi connectivity index (χ3n) is 7.21. The van der Waals surface area contributed by atoms with Crippen LogP contribution in [0.25, 0.3) is 0 Å². The van der Waals surface area contributed by atoms with E-state index in [1.807, 2.05) is 4.90 Å². The molecule has 2 aliphatic heterocycles. The van der Waals surface area contributed by atoms with Crippen LogP contribution in [0, 0.1) is 4.91 Å². The van der Waals surface area contributed by atoms with Crippen molar-refractivity contribution in [1.82, 2.24) is 10.2 Å². The van der Waals surface area contributed by atoms with Crippen LogP contribution in [0.2, 0.25) is 0 Å². The minimum absolute atomic E-state index is 0.0680. The number of fused-ring (bicyclic) bond motifs is 1. The van der Waals surface area contributed by atoms with Crippen molar-refractivity contribution in [3.05, 3.63) is 58.5 Å². The minimum atomic E-state index is -0.977. The zero-order valence-corrected chi connectivity index (χ0v) is 22.3. The molecule has 2 N–H and O–H groups in total. The average molecular weight is 540 g/mol. The standard InChI is InChI=1S/C29H37N3O7/c1-37-23-10-7-20(8-11-23)25(33)5-3-2-4-6-28(34)30-24(19-32-14-13-22(18-32)31-36)29(35)21-9-12-26-27(17-21)39-16-15-38-26/h7-12,17,22,24,29,35H,2-6,13-16,18-19H2,1H3,(H,30,34)/t22?,24-,29?/m1/s1. The number of amides is 1. The van der Waals surface area contributed by atoms with Crippen molar-refractivity contribution >= 4 is 11.7 Å². The molecular weight excluding hydrogens is 502 g/mol. The molecular formula is C29H37N3O7. The van der Waals surface area contributed by atoms with Gasteiger partial charge in [0.15, 0.2) is 17.3 Å². The Labute approximate surface area is 228 Å². The molecule has 4 rings (SSSR count). The fraction of sp³-hybridized carbons (Fsp3) is 0.517. The first-order chi connectivity index (χ1) is 19.0. The van der Waals surface area contributed by atoms with Gasteiger partial charge in [-0.3, -0.25) is 14.5 Å². The summed E-state index contributed by atoms with van der Waals surface area (Å²) >= 11 is 0. The molecule has 210 valence electrons. The van der Waals surface area contributed by atoms with Gasteiger partial charge in [-0.1, -0.05) is 17.7 Å². The van der Waals surface area contributed by atoms with Gasteiger partial charge in [-0.05, 0) is 61.2 Å². The third kappa shape index (κ3) is 8.00. The van der Waals surface area contributed by atoms with Gasteiger partial charge in [-0.15, -0.1) is 0 Å². The molecule has 1 amide bonds. The number of methoxy groups -OCH3 is 1. The Morgan fingerprint density at radius 2 is 1.82 bits per heavy atom. The van der Waals surface area contributed by atoms with Crippen LogP contribution < -0.4 is 19.5 Å². The van der Waals surface area contributed by atoms with Crippen molar-refractivity contribution in [3.8, 4) is 17.2 Å². The molecule has 2 unspecified atom stereocenters. The number of carbonyl (C=O) groups is 2. The van der Waals surface area contributed by atoms with E-state index in [-0.39, 0.29) is 17.7 Å². The number of carbonyl (C=O) groups excluding carboxylic acids is 2. The van der Waals surface area contributed by atoms with E-state index in [4.69, 9.17) is 14.2 Å². The van der Waals surface area contributed by atoms with Crippen molar-refractivity contribution < 1.29 is 28.9 Å². The summed E-state index contributed by atoms with van der Waals surface area (Å²) in [6.07, 6.45) is 2.46. The van der Waals surface area contributed by atoms with E-state index in [1.54, 1.807) is 49.6 Å². The van der Waals surface area contributed by atoms with Crippen molar-refractivity contribution in [2.24, 2.45) is 5.18 Å². The molecule has 2 heterocycles. The second-order valence-corrected chi connectivity index (χ2v) is 10.0. The topological polar surface area (TPSA) is 127 Å². The summed E-state index contributed by atoms with van der Waals surface area (Å²) in [4.78, 5) is 38.3. The van der Waals surface area contributed by atoms with E-state index in [0.717, 1.165) is 6.42 Å². The van der Waals surface area contributed by atoms with Crippen LogP contribution in [0.5, 0.6) is 17.2 Å². The Hall–Kier alpha value is -3.50. The molecule has 1 fully saturated rings. The number of rotatable bonds is 14. The van der Waals surface area contributed by atoms with Crippen LogP contribution in [0.3, 0.4) is 0 Å². The van der Waals surface area contributed by atoms with E-state index in [9.17, 15) is 19.6 Å². The van der Waals surface area contributed by atoms with E-state index in [2.05, 4.69) is 10.5 Å². The number of ketones is 1. The monoisotopic (exact) mass is 539 g/mol. The molecule has 10 nitrogen and oxygen atoms in total. The van der Waals surface area contributed by atoms with Gasteiger partial charge in [0.2, 0.25) is 5.91 Å². The number of benzene rings is 2. The van der Waals surface area contributed by atoms with Crippen LogP contribution in [0.1, 0.15) is 60.6 Å². The predicted octanol–water partition coefficient (Wildman–Crippen LogP) is 3.66. The third-order valence-corrected chi connectivity index (χ3v) is 7.21. The molecule has 0 saturated carbocycles. The SMILES string of the molecule is COc1ccc(C(=O)CCCCCC(=O)N[C@H](CN2CCC(N=O)C2)C(O)c2ccc3c(c2)OCCO3)cc1. The Morgan fingerprint density at radius 1 is 1.08 bits per heavy atom. The Morgan fingerprint density at radius 3 is 2.54 bits per heavy atom. The largest absolute Gasteiger partial charge is 0.497 e. The molecule has 2 aliphatic rings. The van der Waals surface area contributed by atoms with Crippen molar-refractivity contribution in [2.75, 3.05) is 40.0 Å². The maximum atomic E-state index is 12.9. The Bertz CT molecular complexity index is 1120. The highest BCUT2D eigenvalue weighted by molar-refractivity contribution is 5.96. The van der Waals surface area contributed by atoms with Gasteiger partial charge in [0, 0.05) is 38.0 Å². The van der Waals surface area contributed by atoms with Crippen LogP contribution in [-0.2, 0) is 4.79 Å². The number of hydrogen-bond acceptors (Lipinski definition) is 9. The number of Topliss-reactive ketones (excluding diaryl/α,β-unsaturated/α-hetero) is 1. The van der Waals surface area contributed by atoms with Crippen molar-refractivity contribution in [3.63, 3.8) is 0 Å². The molecule has 3 atom stereocenters. The molecule has 0 radical (unpaired) electrons. The summed E-state index contributed by atoms with van der Waals surface area (Å²) < 4.78 is 16.4. The van der Waals surface area contributed by atoms with Crippen LogP contribution >= 0.6 is 0 Å². The molecule has 0 aromatic heterocycles. The summed E-state index contributed by atoms with van der Waals surface area (Å²) in [6, 6.07) is 11.5. The highest BCUT2D eigenvalue weighted by Crippen LogP contribution is 2.33. The van der Waals surface area contributed by atoms with Gasteiger partial charge in [0.05, 0.1) is 13.2 Å². The fourth-order valence-corrected chi connectivity index (χ4v) is 4.99. The number of hydrogen-bond donors (Lipinski definition) is 2. The predicted molar refractivity (Wildman–Crippen MR) is 145 cm³/mol. The summed E-state index contributed by atoms with van der Waals surface area (Å²) in [5.41, 5.74) is 1.27. The van der Waals surface area contributed by atoms with Gasteiger partial charge in [0.25, 0.3) is 0 Å². The van der Waals surface area contributed by atoms with Crippen molar-refractivity contribution in [2.45, 2.75) is 56.7 Å². The van der Waals surface area contributed by atoms with Crippen LogP contribution in [0.15, 0.2) is 47.6 Å². The van der Waals surface area contributed by atoms with Gasteiger partial charge in [-0.25, -0.2) is 0 Å². The zero-order chi connectivity index (χ0) is 27.6. The Kier molecular flexibility index (Phi) is 10.3. The minimum Gasteiger partial charge on any atom is -0.497 e. The first-order valence-electron chi connectivity index (χ1n) is 13.6. The Balaban J connectivity index is 1.28. The van der Waals surface area contributed by atoms with Gasteiger partial charge < -0.3 is 24.6 Å². The van der Waals surface area contributed by atoms with Crippen LogP contribution in [-0.4, -0.2) is 73.7 Å². The summed E-state index contributed by atoms with van der Waals surface area (Å²) in [5, 5.41) is 17.4. The number of ether oxygens (including phenoxy) is 3. The summed E-state index contributed by atoms with van der Waals surface area (Å²) in [6.45, 7) is 2.49. The summed E-state index contributed by atoms with van der Waals surface area (Å²) in [7, 11) is 1.58. The molecule has 1 saturated heterocycles. The fourth-order valence-electron chi connectivity index (χ4n) is 4.99. The quantitative estimate of drug-likeness (QED) is 0.212. The van der Waals surface area contributed by atoms with Crippen LogP contribution in [0.4, 0.5) is 0 Å². The van der Waals surface area contributed by atoms with Gasteiger partial charge >= 0.3 is 0 Å². The number of nitroso groups, excluding NO2 is 1. The van der Waals surface area contributed by atoms with E-state index in [0.29, 0.717) is 93.3 Å².